The summed E-state index contributed by atoms with van der Waals surface area (Å²) in [6.45, 7) is 6.37. The normalized spacial score (nSPS) is 9.94. The molecule has 0 aliphatic carbocycles. The Labute approximate surface area is 98.6 Å². The van der Waals surface area contributed by atoms with Crippen LogP contribution in [0.2, 0.25) is 0 Å². The molecule has 0 saturated heterocycles. The second-order valence-corrected chi connectivity index (χ2v) is 3.86. The molecule has 1 rings (SSSR count). The van der Waals surface area contributed by atoms with E-state index in [0.717, 1.165) is 31.6 Å². The van der Waals surface area contributed by atoms with Crippen LogP contribution in [-0.2, 0) is 0 Å². The molecule has 3 heteroatoms. The monoisotopic (exact) mass is 221 g/mol. The third-order valence-electron chi connectivity index (χ3n) is 2.43. The molecule has 0 aromatic heterocycles. The van der Waals surface area contributed by atoms with Crippen LogP contribution >= 0.6 is 0 Å². The average molecular weight is 221 g/mol. The van der Waals surface area contributed by atoms with Crippen LogP contribution in [0.1, 0.15) is 26.7 Å². The minimum atomic E-state index is 1.01. The van der Waals surface area contributed by atoms with Gasteiger partial charge >= 0.3 is 0 Å². The van der Waals surface area contributed by atoms with E-state index >= 15 is 0 Å². The van der Waals surface area contributed by atoms with Crippen molar-refractivity contribution in [2.45, 2.75) is 26.7 Å². The maximum absolute atomic E-state index is 3.43. The van der Waals surface area contributed by atoms with E-state index in [1.54, 1.807) is 0 Å². The van der Waals surface area contributed by atoms with E-state index in [-0.39, 0.29) is 0 Å². The molecule has 1 aromatic rings. The Balaban J connectivity index is 2.74. The van der Waals surface area contributed by atoms with Crippen LogP contribution in [0, 0.1) is 0 Å². The molecule has 3 nitrogen and oxygen atoms in total. The summed E-state index contributed by atoms with van der Waals surface area (Å²) in [6, 6.07) is 6.38. The average Bonchev–Trinajstić information content (AvgIpc) is 2.33. The quantitative estimate of drug-likeness (QED) is 0.660. The summed E-state index contributed by atoms with van der Waals surface area (Å²) in [4.78, 5) is 0. The van der Waals surface area contributed by atoms with Gasteiger partial charge in [-0.15, -0.1) is 0 Å². The Bertz CT molecular complexity index is 310. The van der Waals surface area contributed by atoms with Crippen LogP contribution in [0.5, 0.6) is 0 Å². The van der Waals surface area contributed by atoms with Crippen molar-refractivity contribution < 1.29 is 0 Å². The first-order valence-corrected chi connectivity index (χ1v) is 6.11. The zero-order valence-electron chi connectivity index (χ0n) is 10.6. The fourth-order valence-corrected chi connectivity index (χ4v) is 1.55. The topological polar surface area (TPSA) is 36.1 Å². The van der Waals surface area contributed by atoms with E-state index in [1.807, 2.05) is 7.05 Å². The molecular weight excluding hydrogens is 198 g/mol. The van der Waals surface area contributed by atoms with E-state index in [0.29, 0.717) is 0 Å². The van der Waals surface area contributed by atoms with Crippen LogP contribution < -0.4 is 16.0 Å². The van der Waals surface area contributed by atoms with E-state index in [1.165, 1.54) is 11.4 Å². The van der Waals surface area contributed by atoms with Crippen molar-refractivity contribution in [1.29, 1.82) is 0 Å². The first-order chi connectivity index (χ1) is 7.81. The van der Waals surface area contributed by atoms with Gasteiger partial charge < -0.3 is 16.0 Å². The lowest BCUT2D eigenvalue weighted by molar-refractivity contribution is 0.974. The summed E-state index contributed by atoms with van der Waals surface area (Å²) in [5, 5.41) is 10.0. The zero-order valence-corrected chi connectivity index (χ0v) is 10.6. The number of rotatable bonds is 7. The Morgan fingerprint density at radius 2 is 1.62 bits per heavy atom. The predicted octanol–water partition coefficient (Wildman–Crippen LogP) is 3.37. The Morgan fingerprint density at radius 1 is 0.938 bits per heavy atom. The second-order valence-electron chi connectivity index (χ2n) is 3.86. The van der Waals surface area contributed by atoms with Gasteiger partial charge in [-0.2, -0.15) is 0 Å². The first-order valence-electron chi connectivity index (χ1n) is 6.11. The van der Waals surface area contributed by atoms with E-state index in [2.05, 4.69) is 48.0 Å². The Hall–Kier alpha value is -1.38. The zero-order chi connectivity index (χ0) is 11.8. The highest BCUT2D eigenvalue weighted by Gasteiger charge is 2.01. The van der Waals surface area contributed by atoms with Crippen LogP contribution in [0.25, 0.3) is 0 Å². The van der Waals surface area contributed by atoms with Crippen LogP contribution in [0.3, 0.4) is 0 Å². The highest BCUT2D eigenvalue weighted by molar-refractivity contribution is 5.73. The Kier molecular flexibility index (Phi) is 5.54. The minimum Gasteiger partial charge on any atom is -0.386 e. The number of hydrogen-bond acceptors (Lipinski definition) is 3. The molecule has 0 unspecified atom stereocenters. The van der Waals surface area contributed by atoms with Crippen molar-refractivity contribution in [3.05, 3.63) is 18.2 Å². The predicted molar refractivity (Wildman–Crippen MR) is 73.6 cm³/mol. The highest BCUT2D eigenvalue weighted by atomic mass is 14.9. The summed E-state index contributed by atoms with van der Waals surface area (Å²) < 4.78 is 0. The fraction of sp³-hybridized carbons (Fsp3) is 0.538. The van der Waals surface area contributed by atoms with Crippen molar-refractivity contribution in [2.24, 2.45) is 0 Å². The molecule has 0 aliphatic rings. The molecule has 0 heterocycles. The first kappa shape index (κ1) is 12.7. The molecule has 0 saturated carbocycles. The molecule has 0 amide bonds. The van der Waals surface area contributed by atoms with Gasteiger partial charge in [-0.05, 0) is 31.0 Å². The van der Waals surface area contributed by atoms with Gasteiger partial charge in [0.25, 0.3) is 0 Å². The van der Waals surface area contributed by atoms with Crippen molar-refractivity contribution in [3.8, 4) is 0 Å². The maximum atomic E-state index is 3.43. The molecule has 0 spiro atoms. The molecule has 0 bridgehead atoms. The smallest absolute Gasteiger partial charge is 0.0596 e. The standard InChI is InChI=1S/C13H23N3/c1-4-8-15-11-6-7-12(14-3)13(10-11)16-9-5-2/h6-7,10,14-16H,4-5,8-9H2,1-3H3. The summed E-state index contributed by atoms with van der Waals surface area (Å²) in [6.07, 6.45) is 2.28. The number of nitrogens with one attached hydrogen (secondary N) is 3. The van der Waals surface area contributed by atoms with E-state index in [9.17, 15) is 0 Å². The van der Waals surface area contributed by atoms with Crippen LogP contribution in [0.15, 0.2) is 18.2 Å². The summed E-state index contributed by atoms with van der Waals surface area (Å²) >= 11 is 0. The van der Waals surface area contributed by atoms with Gasteiger partial charge in [-0.1, -0.05) is 13.8 Å². The second kappa shape index (κ2) is 6.99. The van der Waals surface area contributed by atoms with Gasteiger partial charge in [-0.3, -0.25) is 0 Å². The van der Waals surface area contributed by atoms with E-state index < -0.39 is 0 Å². The summed E-state index contributed by atoms with van der Waals surface area (Å²) in [5.74, 6) is 0. The number of benzene rings is 1. The highest BCUT2D eigenvalue weighted by Crippen LogP contribution is 2.25. The molecule has 90 valence electrons. The SMILES string of the molecule is CCCNc1ccc(NC)c(NCCC)c1. The van der Waals surface area contributed by atoms with Gasteiger partial charge in [0.15, 0.2) is 0 Å². The molecule has 16 heavy (non-hydrogen) atoms. The lowest BCUT2D eigenvalue weighted by atomic mass is 10.2. The molecule has 1 aromatic carbocycles. The largest absolute Gasteiger partial charge is 0.386 e. The van der Waals surface area contributed by atoms with E-state index in [4.69, 9.17) is 0 Å². The van der Waals surface area contributed by atoms with Crippen molar-refractivity contribution in [3.63, 3.8) is 0 Å². The lowest BCUT2D eigenvalue weighted by Crippen LogP contribution is -2.05. The molecule has 0 radical (unpaired) electrons. The van der Waals surface area contributed by atoms with Crippen molar-refractivity contribution >= 4 is 17.1 Å². The lowest BCUT2D eigenvalue weighted by Gasteiger charge is -2.13. The summed E-state index contributed by atoms with van der Waals surface area (Å²) in [5.41, 5.74) is 3.50. The molecular formula is C13H23N3. The molecule has 0 atom stereocenters. The number of hydrogen-bond donors (Lipinski definition) is 3. The molecule has 3 N–H and O–H groups in total. The van der Waals surface area contributed by atoms with Gasteiger partial charge in [0, 0.05) is 25.8 Å². The third kappa shape index (κ3) is 3.65. The van der Waals surface area contributed by atoms with Crippen molar-refractivity contribution in [2.75, 3.05) is 36.1 Å². The van der Waals surface area contributed by atoms with Crippen LogP contribution in [0.4, 0.5) is 17.1 Å². The number of anilines is 3. The van der Waals surface area contributed by atoms with Gasteiger partial charge in [0.05, 0.1) is 11.4 Å². The summed E-state index contributed by atoms with van der Waals surface area (Å²) in [7, 11) is 1.95. The maximum Gasteiger partial charge on any atom is 0.0596 e. The minimum absolute atomic E-state index is 1.01. The molecule has 0 aliphatic heterocycles. The fourth-order valence-electron chi connectivity index (χ4n) is 1.55. The van der Waals surface area contributed by atoms with Gasteiger partial charge in [0.1, 0.15) is 0 Å². The Morgan fingerprint density at radius 3 is 2.25 bits per heavy atom. The van der Waals surface area contributed by atoms with Crippen molar-refractivity contribution in [1.82, 2.24) is 0 Å². The van der Waals surface area contributed by atoms with Gasteiger partial charge in [-0.25, -0.2) is 0 Å². The van der Waals surface area contributed by atoms with Gasteiger partial charge in [0.2, 0.25) is 0 Å². The molecule has 0 fully saturated rings. The van der Waals surface area contributed by atoms with Crippen LogP contribution in [-0.4, -0.2) is 20.1 Å². The third-order valence-corrected chi connectivity index (χ3v) is 2.43.